The second kappa shape index (κ2) is 19.5. The fraction of sp³-hybridized carbons (Fsp3) is 0.769. The summed E-state index contributed by atoms with van der Waals surface area (Å²) in [6.45, 7) is 4.21. The number of carbonyl (C=O) groups is 2. The monoisotopic (exact) mass is 527 g/mol. The maximum atomic E-state index is 11.9. The molecule has 0 unspecified atom stereocenters. The van der Waals surface area contributed by atoms with Crippen molar-refractivity contribution >= 4 is 12.0 Å². The number of ether oxygens (including phenoxy) is 1. The molecule has 1 saturated carbocycles. The lowest BCUT2D eigenvalue weighted by molar-refractivity contribution is -0.757. The molecule has 11 heteroatoms. The van der Waals surface area contributed by atoms with Gasteiger partial charge in [-0.15, -0.1) is 10.1 Å². The largest absolute Gasteiger partial charge is 0.448 e. The molecular formula is C26H45N3O8. The fourth-order valence-corrected chi connectivity index (χ4v) is 4.34. The maximum Gasteiger partial charge on any atom is 0.407 e. The fourth-order valence-electron chi connectivity index (χ4n) is 4.34. The third kappa shape index (κ3) is 15.2. The summed E-state index contributed by atoms with van der Waals surface area (Å²) < 4.78 is 4.84. The number of aliphatic hydroxyl groups is 2. The van der Waals surface area contributed by atoms with Crippen molar-refractivity contribution in [1.29, 1.82) is 0 Å². The molecule has 1 fully saturated rings. The lowest BCUT2D eigenvalue weighted by Crippen LogP contribution is -2.32. The van der Waals surface area contributed by atoms with Crippen LogP contribution in [0.1, 0.15) is 71.6 Å². The number of hydrogen-bond donors (Lipinski definition) is 4. The van der Waals surface area contributed by atoms with Gasteiger partial charge in [-0.1, -0.05) is 57.4 Å². The van der Waals surface area contributed by atoms with E-state index in [2.05, 4.69) is 41.5 Å². The Morgan fingerprint density at radius 2 is 1.86 bits per heavy atom. The minimum absolute atomic E-state index is 0.00793. The molecule has 1 aliphatic carbocycles. The van der Waals surface area contributed by atoms with Gasteiger partial charge in [0.25, 0.3) is 5.09 Å². The van der Waals surface area contributed by atoms with Gasteiger partial charge < -0.3 is 30.4 Å². The smallest absolute Gasteiger partial charge is 0.407 e. The molecule has 37 heavy (non-hydrogen) atoms. The Balaban J connectivity index is 2.20. The van der Waals surface area contributed by atoms with Crippen LogP contribution in [-0.4, -0.2) is 65.8 Å². The average molecular weight is 528 g/mol. The van der Waals surface area contributed by atoms with Crippen molar-refractivity contribution in [3.8, 4) is 0 Å². The summed E-state index contributed by atoms with van der Waals surface area (Å²) in [5.41, 5.74) is 0. The molecule has 0 aromatic heterocycles. The topological polar surface area (TPSA) is 160 Å². The quantitative estimate of drug-likeness (QED) is 0.0861. The maximum absolute atomic E-state index is 11.9. The number of aliphatic hydroxyl groups excluding tert-OH is 2. The molecule has 1 aliphatic rings. The van der Waals surface area contributed by atoms with Gasteiger partial charge in [0.15, 0.2) is 0 Å². The molecule has 212 valence electrons. The zero-order chi connectivity index (χ0) is 27.5. The molecule has 0 heterocycles. The standard InChI is InChI=1S/C26H45N3O8/c1-3-4-7-10-20(2)13-14-22-21(23(30)19-24(22)31)11-8-5-6-9-12-25(32)27-15-17-36-26(33)28-16-18-37-29(34)35/h5,8,13-14,20-24,30-31H,3-4,6-7,9-12,15-19H2,1-2H3,(H,27,32)(H,28,33)/b8-5-,14-13+/t20-,21+,22+,23-,24+/m0/s1. The number of unbranched alkanes of at least 4 members (excludes halogenated alkanes) is 3. The first-order valence-electron chi connectivity index (χ1n) is 13.4. The Morgan fingerprint density at radius 3 is 2.59 bits per heavy atom. The van der Waals surface area contributed by atoms with Crippen molar-refractivity contribution in [3.05, 3.63) is 34.4 Å². The summed E-state index contributed by atoms with van der Waals surface area (Å²) in [5, 5.41) is 34.8. The Hall–Kier alpha value is -2.66. The van der Waals surface area contributed by atoms with E-state index in [-0.39, 0.29) is 44.0 Å². The summed E-state index contributed by atoms with van der Waals surface area (Å²) in [5.74, 6) is 0.263. The van der Waals surface area contributed by atoms with Gasteiger partial charge in [-0.25, -0.2) is 4.79 Å². The normalized spacial score (nSPS) is 22.3. The number of amides is 2. The first-order valence-corrected chi connectivity index (χ1v) is 13.4. The van der Waals surface area contributed by atoms with Crippen molar-refractivity contribution in [2.75, 3.05) is 26.3 Å². The molecule has 11 nitrogen and oxygen atoms in total. The molecule has 5 atom stereocenters. The van der Waals surface area contributed by atoms with Crippen LogP contribution >= 0.6 is 0 Å². The van der Waals surface area contributed by atoms with Gasteiger partial charge in [-0.05, 0) is 37.5 Å². The van der Waals surface area contributed by atoms with Gasteiger partial charge in [0.1, 0.15) is 13.2 Å². The second-order valence-electron chi connectivity index (χ2n) is 9.54. The van der Waals surface area contributed by atoms with E-state index in [1.54, 1.807) is 0 Å². The lowest BCUT2D eigenvalue weighted by atomic mass is 9.88. The van der Waals surface area contributed by atoms with Crippen molar-refractivity contribution in [3.63, 3.8) is 0 Å². The van der Waals surface area contributed by atoms with Crippen molar-refractivity contribution < 1.29 is 34.5 Å². The van der Waals surface area contributed by atoms with Crippen LogP contribution in [0.2, 0.25) is 0 Å². The van der Waals surface area contributed by atoms with Crippen LogP contribution in [0.5, 0.6) is 0 Å². The van der Waals surface area contributed by atoms with Crippen LogP contribution < -0.4 is 10.6 Å². The summed E-state index contributed by atoms with van der Waals surface area (Å²) in [4.78, 5) is 37.3. The van der Waals surface area contributed by atoms with Crippen molar-refractivity contribution in [2.45, 2.75) is 83.8 Å². The van der Waals surface area contributed by atoms with Crippen LogP contribution in [0.25, 0.3) is 0 Å². The molecule has 0 spiro atoms. The average Bonchev–Trinajstić information content (AvgIpc) is 3.12. The van der Waals surface area contributed by atoms with Crippen molar-refractivity contribution in [2.24, 2.45) is 17.8 Å². The number of rotatable bonds is 19. The highest BCUT2D eigenvalue weighted by Crippen LogP contribution is 2.36. The van der Waals surface area contributed by atoms with Gasteiger partial charge in [0.2, 0.25) is 5.91 Å². The Morgan fingerprint density at radius 1 is 1.11 bits per heavy atom. The summed E-state index contributed by atoms with van der Waals surface area (Å²) in [6, 6.07) is 0. The highest BCUT2D eigenvalue weighted by Gasteiger charge is 2.39. The van der Waals surface area contributed by atoms with E-state index < -0.39 is 23.4 Å². The number of allylic oxidation sites excluding steroid dienone is 3. The highest BCUT2D eigenvalue weighted by atomic mass is 16.9. The van der Waals surface area contributed by atoms with Crippen LogP contribution in [0, 0.1) is 27.9 Å². The zero-order valence-electron chi connectivity index (χ0n) is 22.2. The molecule has 0 aliphatic heterocycles. The summed E-state index contributed by atoms with van der Waals surface area (Å²) in [6.07, 6.45) is 14.1. The molecule has 1 rings (SSSR count). The molecule has 2 amide bonds. The second-order valence-corrected chi connectivity index (χ2v) is 9.54. The first-order chi connectivity index (χ1) is 17.7. The van der Waals surface area contributed by atoms with E-state index in [1.165, 1.54) is 19.3 Å². The molecule has 0 aromatic carbocycles. The number of alkyl carbamates (subject to hydrolysis) is 1. The number of nitrogens with one attached hydrogen (secondary N) is 2. The lowest BCUT2D eigenvalue weighted by Gasteiger charge is -2.19. The van der Waals surface area contributed by atoms with E-state index in [1.807, 2.05) is 12.2 Å². The Kier molecular flexibility index (Phi) is 17.0. The minimum Gasteiger partial charge on any atom is -0.448 e. The van der Waals surface area contributed by atoms with Gasteiger partial charge >= 0.3 is 6.09 Å². The van der Waals surface area contributed by atoms with E-state index in [4.69, 9.17) is 4.74 Å². The first kappa shape index (κ1) is 32.4. The Labute approximate surface area is 219 Å². The minimum atomic E-state index is -0.950. The predicted octanol–water partition coefficient (Wildman–Crippen LogP) is 3.28. The molecule has 4 N–H and O–H groups in total. The number of hydrogen-bond acceptors (Lipinski definition) is 8. The van der Waals surface area contributed by atoms with Gasteiger partial charge in [0.05, 0.1) is 18.8 Å². The van der Waals surface area contributed by atoms with E-state index in [0.717, 1.165) is 12.8 Å². The predicted molar refractivity (Wildman–Crippen MR) is 139 cm³/mol. The van der Waals surface area contributed by atoms with Gasteiger partial charge in [-0.3, -0.25) is 4.79 Å². The van der Waals surface area contributed by atoms with Crippen LogP contribution in [0.15, 0.2) is 24.3 Å². The van der Waals surface area contributed by atoms with Crippen molar-refractivity contribution in [1.82, 2.24) is 10.6 Å². The number of carbonyl (C=O) groups excluding carboxylic acids is 2. The van der Waals surface area contributed by atoms with E-state index in [0.29, 0.717) is 31.6 Å². The van der Waals surface area contributed by atoms with E-state index in [9.17, 15) is 29.9 Å². The molecule has 0 bridgehead atoms. The van der Waals surface area contributed by atoms with Crippen LogP contribution in [0.3, 0.4) is 0 Å². The summed E-state index contributed by atoms with van der Waals surface area (Å²) in [7, 11) is 0. The molecule has 0 radical (unpaired) electrons. The third-order valence-electron chi connectivity index (χ3n) is 6.42. The SMILES string of the molecule is CCCCC[C@H](C)/C=C/[C@@H]1[C@@H](C/C=C\CCCC(=O)NCCOC(=O)NCCO[N+](=O)[O-])[C@@H](O)C[C@H]1O. The summed E-state index contributed by atoms with van der Waals surface area (Å²) >= 11 is 0. The van der Waals surface area contributed by atoms with Crippen LogP contribution in [0.4, 0.5) is 4.79 Å². The van der Waals surface area contributed by atoms with Crippen LogP contribution in [-0.2, 0) is 14.4 Å². The Bertz CT molecular complexity index is 731. The van der Waals surface area contributed by atoms with Gasteiger partial charge in [-0.2, -0.15) is 0 Å². The number of nitrogens with zero attached hydrogens (tertiary/aromatic N) is 1. The molecular weight excluding hydrogens is 482 g/mol. The van der Waals surface area contributed by atoms with Gasteiger partial charge in [0, 0.05) is 25.3 Å². The highest BCUT2D eigenvalue weighted by molar-refractivity contribution is 5.75. The van der Waals surface area contributed by atoms with E-state index >= 15 is 0 Å². The zero-order valence-corrected chi connectivity index (χ0v) is 22.2. The third-order valence-corrected chi connectivity index (χ3v) is 6.42. The molecule has 0 aromatic rings. The molecule has 0 saturated heterocycles.